The quantitative estimate of drug-likeness (QED) is 0.717. The van der Waals surface area contributed by atoms with Gasteiger partial charge in [-0.15, -0.1) is 11.8 Å². The molecule has 3 rings (SSSR count). The molecule has 0 saturated heterocycles. The molecule has 1 amide bonds. The molecule has 4 nitrogen and oxygen atoms in total. The molecule has 0 spiro atoms. The van der Waals surface area contributed by atoms with Crippen LogP contribution in [0.5, 0.6) is 0 Å². The van der Waals surface area contributed by atoms with E-state index in [4.69, 9.17) is 11.6 Å². The summed E-state index contributed by atoms with van der Waals surface area (Å²) in [5, 5.41) is 3.37. The zero-order chi connectivity index (χ0) is 16.2. The predicted molar refractivity (Wildman–Crippen MR) is 94.5 cm³/mol. The van der Waals surface area contributed by atoms with E-state index in [2.05, 4.69) is 10.3 Å². The van der Waals surface area contributed by atoms with Crippen LogP contribution in [0.25, 0.3) is 5.65 Å². The van der Waals surface area contributed by atoms with E-state index in [1.807, 2.05) is 53.4 Å². The molecule has 0 aliphatic rings. The highest BCUT2D eigenvalue weighted by Crippen LogP contribution is 2.22. The van der Waals surface area contributed by atoms with E-state index in [1.165, 1.54) is 0 Å². The fourth-order valence-electron chi connectivity index (χ4n) is 2.31. The SMILES string of the molecule is CSc1ccc(Cl)c(C(=O)NCCc2cn3ccccc3n2)c1. The molecular weight excluding hydrogens is 330 g/mol. The zero-order valence-electron chi connectivity index (χ0n) is 12.6. The Labute approximate surface area is 143 Å². The van der Waals surface area contributed by atoms with Gasteiger partial charge in [-0.05, 0) is 36.6 Å². The molecule has 1 aromatic carbocycles. The van der Waals surface area contributed by atoms with Gasteiger partial charge in [0.25, 0.3) is 5.91 Å². The lowest BCUT2D eigenvalue weighted by atomic mass is 10.2. The van der Waals surface area contributed by atoms with Gasteiger partial charge in [-0.2, -0.15) is 0 Å². The van der Waals surface area contributed by atoms with E-state index >= 15 is 0 Å². The minimum atomic E-state index is -0.158. The van der Waals surface area contributed by atoms with Gasteiger partial charge >= 0.3 is 0 Å². The number of amides is 1. The third-order valence-corrected chi connectivity index (χ3v) is 4.55. The number of carbonyl (C=O) groups is 1. The van der Waals surface area contributed by atoms with Crippen molar-refractivity contribution < 1.29 is 4.79 Å². The van der Waals surface area contributed by atoms with E-state index in [0.29, 0.717) is 23.6 Å². The molecule has 0 aliphatic carbocycles. The van der Waals surface area contributed by atoms with Crippen molar-refractivity contribution in [2.45, 2.75) is 11.3 Å². The third kappa shape index (κ3) is 3.68. The number of hydrogen-bond acceptors (Lipinski definition) is 3. The maximum atomic E-state index is 12.3. The Bertz CT molecular complexity index is 814. The fourth-order valence-corrected chi connectivity index (χ4v) is 2.96. The Morgan fingerprint density at radius 3 is 3.00 bits per heavy atom. The lowest BCUT2D eigenvalue weighted by Crippen LogP contribution is -2.26. The van der Waals surface area contributed by atoms with Crippen molar-refractivity contribution in [2.75, 3.05) is 12.8 Å². The Hall–Kier alpha value is -1.98. The Kier molecular flexibility index (Phi) is 4.88. The van der Waals surface area contributed by atoms with E-state index in [-0.39, 0.29) is 5.91 Å². The summed E-state index contributed by atoms with van der Waals surface area (Å²) < 4.78 is 1.97. The molecule has 0 bridgehead atoms. The van der Waals surface area contributed by atoms with E-state index in [9.17, 15) is 4.79 Å². The van der Waals surface area contributed by atoms with Crippen molar-refractivity contribution in [3.63, 3.8) is 0 Å². The number of thioether (sulfide) groups is 1. The van der Waals surface area contributed by atoms with Crippen LogP contribution in [0.2, 0.25) is 5.02 Å². The molecule has 0 saturated carbocycles. The van der Waals surface area contributed by atoms with Crippen molar-refractivity contribution >= 4 is 34.9 Å². The van der Waals surface area contributed by atoms with E-state index in [0.717, 1.165) is 16.2 Å². The van der Waals surface area contributed by atoms with Crippen LogP contribution in [-0.4, -0.2) is 28.1 Å². The standard InChI is InChI=1S/C17H16ClN3OS/c1-23-13-5-6-15(18)14(10-13)17(22)19-8-7-12-11-21-9-3-2-4-16(21)20-12/h2-6,9-11H,7-8H2,1H3,(H,19,22). The number of carbonyl (C=O) groups excluding carboxylic acids is 1. The van der Waals surface area contributed by atoms with Crippen LogP contribution in [0, 0.1) is 0 Å². The number of pyridine rings is 1. The summed E-state index contributed by atoms with van der Waals surface area (Å²) in [5.74, 6) is -0.158. The molecule has 0 unspecified atom stereocenters. The largest absolute Gasteiger partial charge is 0.352 e. The maximum Gasteiger partial charge on any atom is 0.252 e. The van der Waals surface area contributed by atoms with Gasteiger partial charge in [0.15, 0.2) is 0 Å². The van der Waals surface area contributed by atoms with Crippen LogP contribution in [0.4, 0.5) is 0 Å². The number of fused-ring (bicyclic) bond motifs is 1. The van der Waals surface area contributed by atoms with Crippen molar-refractivity contribution in [1.82, 2.24) is 14.7 Å². The second kappa shape index (κ2) is 7.06. The van der Waals surface area contributed by atoms with Crippen LogP contribution in [0.3, 0.4) is 0 Å². The van der Waals surface area contributed by atoms with Crippen LogP contribution in [0.15, 0.2) is 53.7 Å². The molecule has 0 radical (unpaired) electrons. The third-order valence-electron chi connectivity index (χ3n) is 3.50. The number of hydrogen-bond donors (Lipinski definition) is 1. The first kappa shape index (κ1) is 15.9. The highest BCUT2D eigenvalue weighted by molar-refractivity contribution is 7.98. The molecule has 2 heterocycles. The summed E-state index contributed by atoms with van der Waals surface area (Å²) >= 11 is 7.69. The molecule has 6 heteroatoms. The average molecular weight is 346 g/mol. The minimum absolute atomic E-state index is 0.158. The molecule has 3 aromatic rings. The summed E-state index contributed by atoms with van der Waals surface area (Å²) in [7, 11) is 0. The first-order valence-corrected chi connectivity index (χ1v) is 8.82. The van der Waals surface area contributed by atoms with Crippen molar-refractivity contribution in [3.8, 4) is 0 Å². The van der Waals surface area contributed by atoms with Gasteiger partial charge in [0.1, 0.15) is 5.65 Å². The Morgan fingerprint density at radius 1 is 1.35 bits per heavy atom. The van der Waals surface area contributed by atoms with Gasteiger partial charge < -0.3 is 9.72 Å². The average Bonchev–Trinajstić information content (AvgIpc) is 2.98. The smallest absolute Gasteiger partial charge is 0.252 e. The lowest BCUT2D eigenvalue weighted by molar-refractivity contribution is 0.0954. The number of rotatable bonds is 5. The number of nitrogens with one attached hydrogen (secondary N) is 1. The Morgan fingerprint density at radius 2 is 2.22 bits per heavy atom. The van der Waals surface area contributed by atoms with Crippen molar-refractivity contribution in [3.05, 3.63) is 65.1 Å². The number of benzene rings is 1. The highest BCUT2D eigenvalue weighted by atomic mass is 35.5. The van der Waals surface area contributed by atoms with E-state index in [1.54, 1.807) is 17.8 Å². The minimum Gasteiger partial charge on any atom is -0.352 e. The summed E-state index contributed by atoms with van der Waals surface area (Å²) in [5.41, 5.74) is 2.36. The van der Waals surface area contributed by atoms with Gasteiger partial charge in [0.2, 0.25) is 0 Å². The number of halogens is 1. The van der Waals surface area contributed by atoms with Gasteiger partial charge in [0.05, 0.1) is 16.3 Å². The van der Waals surface area contributed by atoms with Gasteiger partial charge in [-0.25, -0.2) is 4.98 Å². The molecule has 1 N–H and O–H groups in total. The summed E-state index contributed by atoms with van der Waals surface area (Å²) in [6.45, 7) is 0.516. The summed E-state index contributed by atoms with van der Waals surface area (Å²) in [6, 6.07) is 11.3. The predicted octanol–water partition coefficient (Wildman–Crippen LogP) is 3.68. The second-order valence-electron chi connectivity index (χ2n) is 5.05. The topological polar surface area (TPSA) is 46.4 Å². The number of aromatic nitrogens is 2. The summed E-state index contributed by atoms with van der Waals surface area (Å²) in [4.78, 5) is 17.8. The van der Waals surface area contributed by atoms with Crippen molar-refractivity contribution in [2.24, 2.45) is 0 Å². The lowest BCUT2D eigenvalue weighted by Gasteiger charge is -2.07. The van der Waals surface area contributed by atoms with Gasteiger partial charge in [-0.3, -0.25) is 4.79 Å². The monoisotopic (exact) mass is 345 g/mol. The van der Waals surface area contributed by atoms with Gasteiger partial charge in [-0.1, -0.05) is 17.7 Å². The fraction of sp³-hybridized carbons (Fsp3) is 0.176. The second-order valence-corrected chi connectivity index (χ2v) is 6.34. The first-order valence-electron chi connectivity index (χ1n) is 7.22. The van der Waals surface area contributed by atoms with Crippen LogP contribution in [-0.2, 0) is 6.42 Å². The van der Waals surface area contributed by atoms with Crippen LogP contribution < -0.4 is 5.32 Å². The summed E-state index contributed by atoms with van der Waals surface area (Å²) in [6.07, 6.45) is 6.57. The zero-order valence-corrected chi connectivity index (χ0v) is 14.2. The molecule has 118 valence electrons. The molecule has 0 atom stereocenters. The van der Waals surface area contributed by atoms with Crippen LogP contribution in [0.1, 0.15) is 16.1 Å². The molecule has 23 heavy (non-hydrogen) atoms. The molecule has 0 fully saturated rings. The maximum absolute atomic E-state index is 12.3. The normalized spacial score (nSPS) is 10.9. The van der Waals surface area contributed by atoms with E-state index < -0.39 is 0 Å². The van der Waals surface area contributed by atoms with Crippen molar-refractivity contribution in [1.29, 1.82) is 0 Å². The molecular formula is C17H16ClN3OS. The van der Waals surface area contributed by atoms with Crippen LogP contribution >= 0.6 is 23.4 Å². The van der Waals surface area contributed by atoms with Gasteiger partial charge in [0, 0.05) is 30.3 Å². The first-order chi connectivity index (χ1) is 11.2. The molecule has 2 aromatic heterocycles. The highest BCUT2D eigenvalue weighted by Gasteiger charge is 2.11. The Balaban J connectivity index is 1.63. The molecule has 0 aliphatic heterocycles. The number of nitrogens with zero attached hydrogens (tertiary/aromatic N) is 2. The number of imidazole rings is 1.